The number of aromatic amines is 1. The van der Waals surface area contributed by atoms with Crippen molar-refractivity contribution >= 4 is 16.9 Å². The van der Waals surface area contributed by atoms with Gasteiger partial charge >= 0.3 is 11.6 Å². The number of aromatic nitrogens is 2. The van der Waals surface area contributed by atoms with E-state index in [4.69, 9.17) is 9.25 Å². The van der Waals surface area contributed by atoms with Crippen molar-refractivity contribution in [3.63, 3.8) is 0 Å². The number of fused-ring (bicyclic) bond motifs is 1. The molecule has 0 bridgehead atoms. The zero-order valence-corrected chi connectivity index (χ0v) is 17.4. The summed E-state index contributed by atoms with van der Waals surface area (Å²) in [7, 11) is 2.09. The fourth-order valence-corrected chi connectivity index (χ4v) is 3.38. The topological polar surface area (TPSA) is 104 Å². The molecular weight excluding hydrogens is 374 g/mol. The fourth-order valence-electron chi connectivity index (χ4n) is 3.38. The molecule has 1 saturated heterocycles. The third-order valence-electron chi connectivity index (χ3n) is 5.05. The Balaban J connectivity index is 1.88. The number of piperazine rings is 1. The molecule has 9 heteroatoms. The Hall–Kier alpha value is -2.68. The number of nitrogens with zero attached hydrogens (tertiary/aromatic N) is 4. The Kier molecular flexibility index (Phi) is 7.03. The number of likely N-dealkylation sites (N-methyl/N-ethyl adjacent to an activating group) is 1. The van der Waals surface area contributed by atoms with Crippen LogP contribution in [0.5, 0.6) is 6.01 Å². The summed E-state index contributed by atoms with van der Waals surface area (Å²) in [6.07, 6.45) is 4.12. The molecule has 3 heterocycles. The molecule has 9 nitrogen and oxygen atoms in total. The van der Waals surface area contributed by atoms with Crippen LogP contribution in [0.3, 0.4) is 0 Å². The normalized spacial score (nSPS) is 15.8. The number of oxime groups is 1. The molecule has 2 aromatic heterocycles. The standard InChI is InChI=1S/C20H29N5O4/c1-4-6-8-14-13-16(26)28-19-17(14)18(27)21-20(22-19)29-23-15(7-5-2)25-11-9-24(3)10-12-25/h13H,4-12H2,1-3H3,(H,21,22,27). The van der Waals surface area contributed by atoms with Gasteiger partial charge in [0, 0.05) is 38.7 Å². The highest BCUT2D eigenvalue weighted by Gasteiger charge is 2.18. The van der Waals surface area contributed by atoms with Crippen molar-refractivity contribution in [3.05, 3.63) is 32.4 Å². The molecule has 3 rings (SSSR count). The zero-order valence-electron chi connectivity index (χ0n) is 17.4. The smallest absolute Gasteiger partial charge is 0.337 e. The second-order valence-electron chi connectivity index (χ2n) is 7.38. The van der Waals surface area contributed by atoms with Gasteiger partial charge in [-0.2, -0.15) is 4.98 Å². The van der Waals surface area contributed by atoms with Crippen LogP contribution in [-0.2, 0) is 6.42 Å². The summed E-state index contributed by atoms with van der Waals surface area (Å²) >= 11 is 0. The minimum absolute atomic E-state index is 0.0193. The SMILES string of the molecule is CCCCc1cc(=O)oc2nc(ON=C(CCC)N3CCN(C)CC3)[nH]c(=O)c12. The molecule has 0 saturated carbocycles. The van der Waals surface area contributed by atoms with Crippen LogP contribution in [0.15, 0.2) is 25.2 Å². The first-order valence-electron chi connectivity index (χ1n) is 10.3. The Labute approximate surface area is 169 Å². The highest BCUT2D eigenvalue weighted by atomic mass is 16.6. The molecule has 0 atom stereocenters. The van der Waals surface area contributed by atoms with Crippen molar-refractivity contribution in [2.45, 2.75) is 46.0 Å². The number of nitrogens with one attached hydrogen (secondary N) is 1. The van der Waals surface area contributed by atoms with Crippen molar-refractivity contribution in [2.24, 2.45) is 5.16 Å². The molecule has 1 fully saturated rings. The molecule has 1 N–H and O–H groups in total. The van der Waals surface area contributed by atoms with Crippen LogP contribution in [0.25, 0.3) is 11.1 Å². The predicted octanol–water partition coefficient (Wildman–Crippen LogP) is 1.96. The number of amidine groups is 1. The van der Waals surface area contributed by atoms with Crippen molar-refractivity contribution < 1.29 is 9.25 Å². The van der Waals surface area contributed by atoms with Crippen molar-refractivity contribution in [1.82, 2.24) is 19.8 Å². The van der Waals surface area contributed by atoms with Crippen LogP contribution in [-0.4, -0.2) is 58.8 Å². The second-order valence-corrected chi connectivity index (χ2v) is 7.38. The van der Waals surface area contributed by atoms with Gasteiger partial charge < -0.3 is 19.1 Å². The van der Waals surface area contributed by atoms with E-state index in [0.29, 0.717) is 17.4 Å². The summed E-state index contributed by atoms with van der Waals surface area (Å²) in [4.78, 5) is 41.2. The molecule has 1 aliphatic rings. The average Bonchev–Trinajstić information content (AvgIpc) is 2.69. The van der Waals surface area contributed by atoms with E-state index in [1.807, 2.05) is 6.92 Å². The van der Waals surface area contributed by atoms with Gasteiger partial charge in [-0.25, -0.2) is 4.79 Å². The maximum atomic E-state index is 12.6. The van der Waals surface area contributed by atoms with Crippen LogP contribution < -0.4 is 16.0 Å². The van der Waals surface area contributed by atoms with Crippen LogP contribution >= 0.6 is 0 Å². The number of hydrogen-bond donors (Lipinski definition) is 1. The minimum Gasteiger partial charge on any atom is -0.403 e. The first kappa shape index (κ1) is 21.0. The zero-order chi connectivity index (χ0) is 20.8. The number of rotatable bonds is 7. The van der Waals surface area contributed by atoms with E-state index in [-0.39, 0.29) is 11.7 Å². The Morgan fingerprint density at radius 2 is 2.00 bits per heavy atom. The Morgan fingerprint density at radius 3 is 2.69 bits per heavy atom. The van der Waals surface area contributed by atoms with Crippen molar-refractivity contribution in [1.29, 1.82) is 0 Å². The molecular formula is C20H29N5O4. The fraction of sp³-hybridized carbons (Fsp3) is 0.600. The van der Waals surface area contributed by atoms with Crippen molar-refractivity contribution in [2.75, 3.05) is 33.2 Å². The van der Waals surface area contributed by atoms with Gasteiger partial charge in [0.2, 0.25) is 5.71 Å². The third kappa shape index (κ3) is 5.23. The quantitative estimate of drug-likeness (QED) is 0.428. The van der Waals surface area contributed by atoms with Crippen LogP contribution in [0, 0.1) is 0 Å². The number of H-pyrrole nitrogens is 1. The number of aryl methyl sites for hydroxylation is 1. The summed E-state index contributed by atoms with van der Waals surface area (Å²) in [5.41, 5.74) is -0.299. The number of hydrogen-bond acceptors (Lipinski definition) is 7. The highest BCUT2D eigenvalue weighted by Crippen LogP contribution is 2.15. The van der Waals surface area contributed by atoms with E-state index in [1.54, 1.807) is 0 Å². The van der Waals surface area contributed by atoms with Gasteiger partial charge in [-0.1, -0.05) is 25.4 Å². The van der Waals surface area contributed by atoms with Gasteiger partial charge in [0.25, 0.3) is 5.56 Å². The van der Waals surface area contributed by atoms with E-state index in [9.17, 15) is 9.59 Å². The minimum atomic E-state index is -0.528. The molecule has 0 radical (unpaired) electrons. The lowest BCUT2D eigenvalue weighted by Gasteiger charge is -2.34. The molecule has 2 aromatic rings. The molecule has 1 aliphatic heterocycles. The molecule has 29 heavy (non-hydrogen) atoms. The van der Waals surface area contributed by atoms with Gasteiger partial charge in [-0.15, -0.1) is 0 Å². The van der Waals surface area contributed by atoms with Crippen LogP contribution in [0.2, 0.25) is 0 Å². The summed E-state index contributed by atoms with van der Waals surface area (Å²) in [6, 6.07) is 1.28. The van der Waals surface area contributed by atoms with E-state index >= 15 is 0 Å². The lowest BCUT2D eigenvalue weighted by atomic mass is 10.1. The van der Waals surface area contributed by atoms with E-state index < -0.39 is 11.2 Å². The largest absolute Gasteiger partial charge is 0.403 e. The van der Waals surface area contributed by atoms with Gasteiger partial charge in [0.15, 0.2) is 0 Å². The molecule has 0 aliphatic carbocycles. The molecule has 0 unspecified atom stereocenters. The van der Waals surface area contributed by atoms with Crippen LogP contribution in [0.4, 0.5) is 0 Å². The van der Waals surface area contributed by atoms with Gasteiger partial charge in [-0.3, -0.25) is 9.78 Å². The van der Waals surface area contributed by atoms with Gasteiger partial charge in [0.1, 0.15) is 11.2 Å². The molecule has 158 valence electrons. The van der Waals surface area contributed by atoms with Crippen LogP contribution in [0.1, 0.15) is 45.1 Å². The summed E-state index contributed by atoms with van der Waals surface area (Å²) in [5.74, 6) is 0.821. The summed E-state index contributed by atoms with van der Waals surface area (Å²) in [6.45, 7) is 7.79. The molecule has 0 spiro atoms. The lowest BCUT2D eigenvalue weighted by Crippen LogP contribution is -2.47. The maximum Gasteiger partial charge on any atom is 0.337 e. The molecule has 0 amide bonds. The van der Waals surface area contributed by atoms with E-state index in [1.165, 1.54) is 6.07 Å². The third-order valence-corrected chi connectivity index (χ3v) is 5.05. The summed E-state index contributed by atoms with van der Waals surface area (Å²) in [5, 5.41) is 4.54. The lowest BCUT2D eigenvalue weighted by molar-refractivity contribution is 0.205. The second kappa shape index (κ2) is 9.69. The average molecular weight is 403 g/mol. The summed E-state index contributed by atoms with van der Waals surface area (Å²) < 4.78 is 5.16. The predicted molar refractivity (Wildman–Crippen MR) is 112 cm³/mol. The highest BCUT2D eigenvalue weighted by molar-refractivity contribution is 5.82. The maximum absolute atomic E-state index is 12.6. The van der Waals surface area contributed by atoms with E-state index in [0.717, 1.165) is 57.7 Å². The van der Waals surface area contributed by atoms with Crippen molar-refractivity contribution in [3.8, 4) is 6.01 Å². The Morgan fingerprint density at radius 1 is 1.24 bits per heavy atom. The van der Waals surface area contributed by atoms with E-state index in [2.05, 4.69) is 38.9 Å². The first-order chi connectivity index (χ1) is 14.0. The number of unbranched alkanes of at least 4 members (excludes halogenated alkanes) is 1. The first-order valence-corrected chi connectivity index (χ1v) is 10.3. The molecule has 0 aromatic carbocycles. The van der Waals surface area contributed by atoms with Gasteiger partial charge in [-0.05, 0) is 31.9 Å². The monoisotopic (exact) mass is 403 g/mol. The Bertz CT molecular complexity index is 973. The van der Waals surface area contributed by atoms with Gasteiger partial charge in [0.05, 0.1) is 0 Å².